The second kappa shape index (κ2) is 8.73. The number of aryl methyl sites for hydroxylation is 1. The molecular weight excluding hydrogens is 342 g/mol. The van der Waals surface area contributed by atoms with Crippen molar-refractivity contribution in [3.8, 4) is 0 Å². The van der Waals surface area contributed by atoms with Crippen LogP contribution in [0.2, 0.25) is 0 Å². The van der Waals surface area contributed by atoms with Crippen LogP contribution in [0.15, 0.2) is 34.8 Å². The van der Waals surface area contributed by atoms with Gasteiger partial charge in [0, 0.05) is 56.5 Å². The maximum atomic E-state index is 4.93. The molecule has 5 nitrogen and oxygen atoms in total. The summed E-state index contributed by atoms with van der Waals surface area (Å²) >= 11 is 1.90. The van der Waals surface area contributed by atoms with Crippen LogP contribution in [0, 0.1) is 0 Å². The number of rotatable bonds is 6. The van der Waals surface area contributed by atoms with Crippen molar-refractivity contribution in [2.24, 2.45) is 12.0 Å². The van der Waals surface area contributed by atoms with Crippen molar-refractivity contribution in [2.45, 2.75) is 39.4 Å². The van der Waals surface area contributed by atoms with E-state index < -0.39 is 0 Å². The van der Waals surface area contributed by atoms with E-state index in [2.05, 4.69) is 77.4 Å². The van der Waals surface area contributed by atoms with E-state index in [1.165, 1.54) is 17.7 Å². The molecule has 0 fully saturated rings. The lowest BCUT2D eigenvalue weighted by Gasteiger charge is -2.32. The summed E-state index contributed by atoms with van der Waals surface area (Å²) in [6.45, 7) is 9.17. The number of hydrogen-bond acceptors (Lipinski definition) is 3. The van der Waals surface area contributed by atoms with Gasteiger partial charge in [0.2, 0.25) is 0 Å². The van der Waals surface area contributed by atoms with Crippen LogP contribution < -0.4 is 5.32 Å². The predicted octanol–water partition coefficient (Wildman–Crippen LogP) is 2.93. The molecule has 2 aromatic heterocycles. The fourth-order valence-corrected chi connectivity index (χ4v) is 4.32. The highest BCUT2D eigenvalue weighted by atomic mass is 32.1. The van der Waals surface area contributed by atoms with Gasteiger partial charge in [0.1, 0.15) is 0 Å². The molecule has 0 saturated heterocycles. The molecule has 1 N–H and O–H groups in total. The highest BCUT2D eigenvalue weighted by Crippen LogP contribution is 2.25. The summed E-state index contributed by atoms with van der Waals surface area (Å²) in [5.41, 5.74) is 2.79. The van der Waals surface area contributed by atoms with Gasteiger partial charge in [0.25, 0.3) is 0 Å². The summed E-state index contributed by atoms with van der Waals surface area (Å²) in [5, 5.41) is 5.65. The van der Waals surface area contributed by atoms with Gasteiger partial charge in [-0.2, -0.15) is 0 Å². The van der Waals surface area contributed by atoms with Crippen molar-refractivity contribution in [2.75, 3.05) is 26.7 Å². The quantitative estimate of drug-likeness (QED) is 0.625. The summed E-state index contributed by atoms with van der Waals surface area (Å²) in [5.74, 6) is 0.980. The Bertz CT molecular complexity index is 732. The zero-order valence-corrected chi connectivity index (χ0v) is 17.2. The molecule has 0 spiro atoms. The number of fused-ring (bicyclic) bond motifs is 1. The lowest BCUT2D eigenvalue weighted by Crippen LogP contribution is -2.42. The summed E-state index contributed by atoms with van der Waals surface area (Å²) < 4.78 is 2.16. The molecule has 0 saturated carbocycles. The van der Waals surface area contributed by atoms with E-state index in [-0.39, 0.29) is 0 Å². The Balaban J connectivity index is 1.60. The van der Waals surface area contributed by atoms with Crippen LogP contribution in [-0.4, -0.2) is 53.1 Å². The molecule has 0 radical (unpaired) electrons. The number of aromatic nitrogens is 1. The van der Waals surface area contributed by atoms with E-state index in [9.17, 15) is 0 Å². The Morgan fingerprint density at radius 3 is 3.00 bits per heavy atom. The summed E-state index contributed by atoms with van der Waals surface area (Å²) in [7, 11) is 4.20. The monoisotopic (exact) mass is 373 g/mol. The lowest BCUT2D eigenvalue weighted by atomic mass is 10.1. The Kier molecular flexibility index (Phi) is 6.38. The average Bonchev–Trinajstić information content (AvgIpc) is 3.26. The number of hydrogen-bond donors (Lipinski definition) is 1. The van der Waals surface area contributed by atoms with Gasteiger partial charge in [-0.05, 0) is 49.4 Å². The fraction of sp³-hybridized carbons (Fsp3) is 0.550. The lowest BCUT2D eigenvalue weighted by molar-refractivity contribution is 0.196. The predicted molar refractivity (Wildman–Crippen MR) is 111 cm³/mol. The van der Waals surface area contributed by atoms with Crippen molar-refractivity contribution in [1.82, 2.24) is 19.7 Å². The normalized spacial score (nSPS) is 16.4. The first-order valence-electron chi connectivity index (χ1n) is 9.47. The molecule has 3 rings (SSSR count). The van der Waals surface area contributed by atoms with Gasteiger partial charge in [-0.15, -0.1) is 11.3 Å². The Morgan fingerprint density at radius 1 is 1.42 bits per heavy atom. The first-order valence-corrected chi connectivity index (χ1v) is 10.4. The van der Waals surface area contributed by atoms with Gasteiger partial charge in [-0.25, -0.2) is 0 Å². The standard InChI is InChI=1S/C20H31N5S/c1-5-21-20(24(4)15-18-7-6-10-23(18)3)22-13-16(2)25-11-8-19-17(14-25)9-12-26-19/h6-7,9-10,12,16H,5,8,11,13-15H2,1-4H3,(H,21,22). The molecule has 0 aliphatic carbocycles. The molecule has 6 heteroatoms. The van der Waals surface area contributed by atoms with Crippen molar-refractivity contribution in [3.05, 3.63) is 45.9 Å². The minimum absolute atomic E-state index is 0.445. The second-order valence-electron chi connectivity index (χ2n) is 7.10. The van der Waals surface area contributed by atoms with E-state index in [0.717, 1.165) is 38.7 Å². The van der Waals surface area contributed by atoms with Gasteiger partial charge in [0.05, 0.1) is 13.1 Å². The van der Waals surface area contributed by atoms with E-state index in [1.807, 2.05) is 11.3 Å². The third kappa shape index (κ3) is 4.48. The molecule has 1 aliphatic heterocycles. The number of nitrogens with one attached hydrogen (secondary N) is 1. The summed E-state index contributed by atoms with van der Waals surface area (Å²) in [6.07, 6.45) is 3.26. The molecule has 1 unspecified atom stereocenters. The van der Waals surface area contributed by atoms with Gasteiger partial charge in [-0.3, -0.25) is 9.89 Å². The average molecular weight is 374 g/mol. The van der Waals surface area contributed by atoms with Crippen molar-refractivity contribution >= 4 is 17.3 Å². The smallest absolute Gasteiger partial charge is 0.194 e. The SMILES string of the molecule is CCNC(=NCC(C)N1CCc2sccc2C1)N(C)Cc1cccn1C. The third-order valence-electron chi connectivity index (χ3n) is 5.11. The van der Waals surface area contributed by atoms with Gasteiger partial charge >= 0.3 is 0 Å². The maximum absolute atomic E-state index is 4.93. The highest BCUT2D eigenvalue weighted by Gasteiger charge is 2.21. The first-order chi connectivity index (χ1) is 12.6. The Morgan fingerprint density at radius 2 is 2.27 bits per heavy atom. The molecule has 1 atom stereocenters. The molecule has 0 amide bonds. The van der Waals surface area contributed by atoms with E-state index in [4.69, 9.17) is 4.99 Å². The molecular formula is C20H31N5S. The number of thiophene rings is 1. The molecule has 26 heavy (non-hydrogen) atoms. The topological polar surface area (TPSA) is 35.8 Å². The van der Waals surface area contributed by atoms with Crippen LogP contribution in [0.25, 0.3) is 0 Å². The first kappa shape index (κ1) is 19.0. The summed E-state index contributed by atoms with van der Waals surface area (Å²) in [6, 6.07) is 6.97. The maximum Gasteiger partial charge on any atom is 0.194 e. The molecule has 0 bridgehead atoms. The fourth-order valence-electron chi connectivity index (χ4n) is 3.43. The van der Waals surface area contributed by atoms with Crippen molar-refractivity contribution in [1.29, 1.82) is 0 Å². The zero-order valence-electron chi connectivity index (χ0n) is 16.4. The van der Waals surface area contributed by atoms with Crippen LogP contribution in [0.4, 0.5) is 0 Å². The zero-order chi connectivity index (χ0) is 18.5. The van der Waals surface area contributed by atoms with E-state index in [0.29, 0.717) is 6.04 Å². The van der Waals surface area contributed by atoms with Crippen LogP contribution >= 0.6 is 11.3 Å². The number of aliphatic imine (C=N–C) groups is 1. The molecule has 0 aromatic carbocycles. The Labute approximate surface area is 161 Å². The van der Waals surface area contributed by atoms with Crippen LogP contribution in [0.1, 0.15) is 30.0 Å². The van der Waals surface area contributed by atoms with Gasteiger partial charge < -0.3 is 14.8 Å². The van der Waals surface area contributed by atoms with E-state index in [1.54, 1.807) is 4.88 Å². The molecule has 2 aromatic rings. The van der Waals surface area contributed by atoms with Crippen molar-refractivity contribution in [3.63, 3.8) is 0 Å². The highest BCUT2D eigenvalue weighted by molar-refractivity contribution is 7.10. The minimum Gasteiger partial charge on any atom is -0.357 e. The summed E-state index contributed by atoms with van der Waals surface area (Å²) in [4.78, 5) is 11.3. The van der Waals surface area contributed by atoms with E-state index >= 15 is 0 Å². The largest absolute Gasteiger partial charge is 0.357 e. The Hall–Kier alpha value is -1.79. The molecule has 142 valence electrons. The third-order valence-corrected chi connectivity index (χ3v) is 6.14. The van der Waals surface area contributed by atoms with Gasteiger partial charge in [0.15, 0.2) is 5.96 Å². The minimum atomic E-state index is 0.445. The van der Waals surface area contributed by atoms with Crippen LogP contribution in [-0.2, 0) is 26.6 Å². The van der Waals surface area contributed by atoms with Crippen LogP contribution in [0.3, 0.4) is 0 Å². The molecule has 3 heterocycles. The van der Waals surface area contributed by atoms with Crippen LogP contribution in [0.5, 0.6) is 0 Å². The molecule has 1 aliphatic rings. The number of guanidine groups is 1. The number of nitrogens with zero attached hydrogens (tertiary/aromatic N) is 4. The second-order valence-corrected chi connectivity index (χ2v) is 8.10. The van der Waals surface area contributed by atoms with Gasteiger partial charge in [-0.1, -0.05) is 0 Å². The van der Waals surface area contributed by atoms with Crippen molar-refractivity contribution < 1.29 is 0 Å².